The van der Waals surface area contributed by atoms with E-state index >= 15 is 0 Å². The van der Waals surface area contributed by atoms with Crippen LogP contribution in [0, 0.1) is 0 Å². The molecule has 0 bridgehead atoms. The molecule has 3 rings (SSSR count). The number of hydrogen-bond donors (Lipinski definition) is 1. The molecule has 1 aromatic rings. The Morgan fingerprint density at radius 3 is 2.57 bits per heavy atom. The van der Waals surface area contributed by atoms with Crippen LogP contribution in [-0.4, -0.2) is 10.1 Å². The monoisotopic (exact) mass is 193 g/mol. The Labute approximate surface area is 82.9 Å². The van der Waals surface area contributed by atoms with Crippen LogP contribution in [0.2, 0.25) is 0 Å². The van der Waals surface area contributed by atoms with Crippen molar-refractivity contribution in [2.24, 2.45) is 5.73 Å². The molecule has 0 unspecified atom stereocenters. The van der Waals surface area contributed by atoms with Gasteiger partial charge < -0.3 is 10.3 Å². The molecule has 0 spiro atoms. The Bertz CT molecular complexity index is 339. The summed E-state index contributed by atoms with van der Waals surface area (Å²) in [6.07, 6.45) is 6.85. The van der Waals surface area contributed by atoms with Gasteiger partial charge in [-0.05, 0) is 32.1 Å². The van der Waals surface area contributed by atoms with Crippen LogP contribution in [0.4, 0.5) is 0 Å². The van der Waals surface area contributed by atoms with Crippen LogP contribution in [0.15, 0.2) is 4.52 Å². The Morgan fingerprint density at radius 2 is 2.07 bits per heavy atom. The second-order valence-corrected chi connectivity index (χ2v) is 4.60. The first-order chi connectivity index (χ1) is 6.78. The maximum Gasteiger partial charge on any atom is 0.246 e. The predicted molar refractivity (Wildman–Crippen MR) is 50.6 cm³/mol. The minimum Gasteiger partial charge on any atom is -0.337 e. The Kier molecular flexibility index (Phi) is 1.68. The third-order valence-electron chi connectivity index (χ3n) is 3.58. The molecule has 14 heavy (non-hydrogen) atoms. The molecule has 2 aliphatic rings. The van der Waals surface area contributed by atoms with Crippen LogP contribution in [-0.2, 0) is 5.54 Å². The van der Waals surface area contributed by atoms with Crippen LogP contribution in [0.5, 0.6) is 0 Å². The van der Waals surface area contributed by atoms with Crippen LogP contribution in [0.25, 0.3) is 0 Å². The fourth-order valence-corrected chi connectivity index (χ4v) is 2.04. The minimum absolute atomic E-state index is 0.297. The second-order valence-electron chi connectivity index (χ2n) is 4.60. The van der Waals surface area contributed by atoms with E-state index in [0.29, 0.717) is 11.8 Å². The molecule has 2 N–H and O–H groups in total. The van der Waals surface area contributed by atoms with Crippen LogP contribution >= 0.6 is 0 Å². The standard InChI is InChI=1S/C10H15N3O/c11-10(5-2-6-10)9-12-8(13-14-9)7-3-1-4-7/h7H,1-6,11H2. The van der Waals surface area contributed by atoms with Crippen molar-refractivity contribution in [2.75, 3.05) is 0 Å². The molecule has 4 heteroatoms. The van der Waals surface area contributed by atoms with E-state index in [1.165, 1.54) is 25.7 Å². The first-order valence-corrected chi connectivity index (χ1v) is 5.41. The predicted octanol–water partition coefficient (Wildman–Crippen LogP) is 1.68. The maximum absolute atomic E-state index is 6.10. The summed E-state index contributed by atoms with van der Waals surface area (Å²) >= 11 is 0. The van der Waals surface area contributed by atoms with Crippen LogP contribution < -0.4 is 5.73 Å². The molecule has 0 saturated heterocycles. The lowest BCUT2D eigenvalue weighted by molar-refractivity contribution is 0.181. The lowest BCUT2D eigenvalue weighted by atomic mass is 9.77. The van der Waals surface area contributed by atoms with E-state index in [4.69, 9.17) is 10.3 Å². The summed E-state index contributed by atoms with van der Waals surface area (Å²) in [7, 11) is 0. The van der Waals surface area contributed by atoms with Crippen molar-refractivity contribution in [3.05, 3.63) is 11.7 Å². The van der Waals surface area contributed by atoms with Gasteiger partial charge >= 0.3 is 0 Å². The lowest BCUT2D eigenvalue weighted by Gasteiger charge is -2.33. The van der Waals surface area contributed by atoms with E-state index in [1.807, 2.05) is 0 Å². The third-order valence-corrected chi connectivity index (χ3v) is 3.58. The third kappa shape index (κ3) is 1.10. The summed E-state index contributed by atoms with van der Waals surface area (Å²) in [6, 6.07) is 0. The van der Waals surface area contributed by atoms with Gasteiger partial charge in [0, 0.05) is 5.92 Å². The number of nitrogens with two attached hydrogens (primary N) is 1. The summed E-state index contributed by atoms with van der Waals surface area (Å²) in [4.78, 5) is 4.42. The van der Waals surface area contributed by atoms with Gasteiger partial charge in [-0.3, -0.25) is 0 Å². The van der Waals surface area contributed by atoms with Gasteiger partial charge in [0.15, 0.2) is 5.82 Å². The number of aromatic nitrogens is 2. The topological polar surface area (TPSA) is 64.9 Å². The lowest BCUT2D eigenvalue weighted by Crippen LogP contribution is -2.43. The molecule has 0 aromatic carbocycles. The summed E-state index contributed by atoms with van der Waals surface area (Å²) < 4.78 is 5.24. The first kappa shape index (κ1) is 8.41. The summed E-state index contributed by atoms with van der Waals surface area (Å²) in [5, 5.41) is 4.02. The van der Waals surface area contributed by atoms with Gasteiger partial charge in [0.25, 0.3) is 0 Å². The zero-order valence-electron chi connectivity index (χ0n) is 8.20. The minimum atomic E-state index is -0.297. The molecule has 2 saturated carbocycles. The van der Waals surface area contributed by atoms with Crippen LogP contribution in [0.3, 0.4) is 0 Å². The fraction of sp³-hybridized carbons (Fsp3) is 0.800. The SMILES string of the molecule is NC1(c2nc(C3CCC3)no2)CCC1. The molecule has 2 aliphatic carbocycles. The number of rotatable bonds is 2. The van der Waals surface area contributed by atoms with Gasteiger partial charge in [-0.25, -0.2) is 0 Å². The van der Waals surface area contributed by atoms with Crippen molar-refractivity contribution in [3.8, 4) is 0 Å². The molecule has 1 heterocycles. The number of nitrogens with zero attached hydrogens (tertiary/aromatic N) is 2. The zero-order chi connectivity index (χ0) is 9.60. The van der Waals surface area contributed by atoms with E-state index in [-0.39, 0.29) is 5.54 Å². The molecule has 0 aliphatic heterocycles. The molecular formula is C10H15N3O. The smallest absolute Gasteiger partial charge is 0.246 e. The van der Waals surface area contributed by atoms with E-state index in [1.54, 1.807) is 0 Å². The normalized spacial score (nSPS) is 25.5. The van der Waals surface area contributed by atoms with Gasteiger partial charge in [0.1, 0.15) is 0 Å². The van der Waals surface area contributed by atoms with Gasteiger partial charge in [-0.2, -0.15) is 4.98 Å². The highest BCUT2D eigenvalue weighted by atomic mass is 16.5. The summed E-state index contributed by atoms with van der Waals surface area (Å²) in [6.45, 7) is 0. The molecular weight excluding hydrogens is 178 g/mol. The fourth-order valence-electron chi connectivity index (χ4n) is 2.04. The molecule has 0 atom stereocenters. The van der Waals surface area contributed by atoms with Crippen LogP contribution in [0.1, 0.15) is 56.2 Å². The zero-order valence-corrected chi connectivity index (χ0v) is 8.20. The molecule has 2 fully saturated rings. The molecule has 0 radical (unpaired) electrons. The van der Waals surface area contributed by atoms with E-state index in [0.717, 1.165) is 18.7 Å². The van der Waals surface area contributed by atoms with E-state index in [9.17, 15) is 0 Å². The second kappa shape index (κ2) is 2.79. The van der Waals surface area contributed by atoms with Gasteiger partial charge in [0.2, 0.25) is 5.89 Å². The van der Waals surface area contributed by atoms with Gasteiger partial charge in [0.05, 0.1) is 5.54 Å². The van der Waals surface area contributed by atoms with Crippen molar-refractivity contribution >= 4 is 0 Å². The van der Waals surface area contributed by atoms with Gasteiger partial charge in [-0.15, -0.1) is 0 Å². The van der Waals surface area contributed by atoms with Crippen molar-refractivity contribution in [1.29, 1.82) is 0 Å². The van der Waals surface area contributed by atoms with Gasteiger partial charge in [-0.1, -0.05) is 11.6 Å². The highest BCUT2D eigenvalue weighted by Crippen LogP contribution is 2.40. The molecule has 1 aromatic heterocycles. The molecule has 76 valence electrons. The Morgan fingerprint density at radius 1 is 1.29 bits per heavy atom. The highest BCUT2D eigenvalue weighted by Gasteiger charge is 2.40. The summed E-state index contributed by atoms with van der Waals surface area (Å²) in [5.74, 6) is 2.07. The Balaban J connectivity index is 1.82. The summed E-state index contributed by atoms with van der Waals surface area (Å²) in [5.41, 5.74) is 5.80. The van der Waals surface area contributed by atoms with Crippen molar-refractivity contribution in [3.63, 3.8) is 0 Å². The Hall–Kier alpha value is -0.900. The van der Waals surface area contributed by atoms with Crippen molar-refractivity contribution < 1.29 is 4.52 Å². The first-order valence-electron chi connectivity index (χ1n) is 5.41. The largest absolute Gasteiger partial charge is 0.337 e. The van der Waals surface area contributed by atoms with Crippen molar-refractivity contribution in [1.82, 2.24) is 10.1 Å². The molecule has 4 nitrogen and oxygen atoms in total. The van der Waals surface area contributed by atoms with Crippen molar-refractivity contribution in [2.45, 2.75) is 50.0 Å². The average Bonchev–Trinajstić information content (AvgIpc) is 2.46. The highest BCUT2D eigenvalue weighted by molar-refractivity contribution is 5.09. The maximum atomic E-state index is 6.10. The van der Waals surface area contributed by atoms with E-state index in [2.05, 4.69) is 10.1 Å². The number of hydrogen-bond acceptors (Lipinski definition) is 4. The average molecular weight is 193 g/mol. The molecule has 0 amide bonds. The quantitative estimate of drug-likeness (QED) is 0.776. The van der Waals surface area contributed by atoms with E-state index < -0.39 is 0 Å².